The van der Waals surface area contributed by atoms with Crippen LogP contribution in [0, 0.1) is 0 Å². The van der Waals surface area contributed by atoms with E-state index in [0.29, 0.717) is 0 Å². The molecule has 0 spiro atoms. The molecule has 5 rings (SSSR count). The summed E-state index contributed by atoms with van der Waals surface area (Å²) in [5.74, 6) is 0. The van der Waals surface area contributed by atoms with Gasteiger partial charge in [-0.15, -0.1) is 40.6 Å². The summed E-state index contributed by atoms with van der Waals surface area (Å²) in [5, 5.41) is 2.72. The Hall–Kier alpha value is -2.50. The summed E-state index contributed by atoms with van der Waals surface area (Å²) < 4.78 is 1.42. The third-order valence-corrected chi connectivity index (χ3v) is 6.34. The maximum absolute atomic E-state index is 2.23. The van der Waals surface area contributed by atoms with E-state index < -0.39 is 0 Å². The van der Waals surface area contributed by atoms with Crippen molar-refractivity contribution < 1.29 is 24.2 Å². The van der Waals surface area contributed by atoms with Gasteiger partial charge in [-0.1, -0.05) is 35.9 Å². The maximum atomic E-state index is 2.23. The summed E-state index contributed by atoms with van der Waals surface area (Å²) in [5.41, 5.74) is 5.49. The Kier molecular flexibility index (Phi) is 6.15. The quantitative estimate of drug-likeness (QED) is 0.313. The van der Waals surface area contributed by atoms with Crippen LogP contribution in [-0.2, 0) is 24.2 Å². The summed E-state index contributed by atoms with van der Waals surface area (Å²) in [6.07, 6.45) is 7.63. The van der Waals surface area contributed by atoms with E-state index in [-0.39, 0.29) is 0 Å². The first-order valence-corrected chi connectivity index (χ1v) is 10.8. The second-order valence-corrected chi connectivity index (χ2v) is 7.99. The van der Waals surface area contributed by atoms with Crippen molar-refractivity contribution in [1.29, 1.82) is 0 Å². The van der Waals surface area contributed by atoms with E-state index in [2.05, 4.69) is 115 Å². The van der Waals surface area contributed by atoms with Crippen molar-refractivity contribution in [2.75, 3.05) is 0 Å². The van der Waals surface area contributed by atoms with Gasteiger partial charge in [-0.05, 0) is 6.42 Å². The van der Waals surface area contributed by atoms with Gasteiger partial charge in [-0.2, -0.15) is 0 Å². The third kappa shape index (κ3) is 4.32. The van der Waals surface area contributed by atoms with E-state index in [1.165, 1.54) is 60.5 Å². The minimum absolute atomic E-state index is 1.08. The van der Waals surface area contributed by atoms with E-state index in [1.54, 1.807) is 0 Å². The molecule has 0 atom stereocenters. The monoisotopic (exact) mass is 435 g/mol. The zero-order chi connectivity index (χ0) is 19.2. The molecule has 0 radical (unpaired) electrons. The molecule has 1 aliphatic carbocycles. The van der Waals surface area contributed by atoms with E-state index in [1.807, 2.05) is 0 Å². The molecular formula is C27H21Zr-. The van der Waals surface area contributed by atoms with Crippen LogP contribution in [0.2, 0.25) is 0 Å². The van der Waals surface area contributed by atoms with Crippen LogP contribution in [0.15, 0.2) is 115 Å². The molecule has 28 heavy (non-hydrogen) atoms. The summed E-state index contributed by atoms with van der Waals surface area (Å²) in [7, 11) is 0. The number of rotatable bonds is 3. The van der Waals surface area contributed by atoms with Crippen LogP contribution in [0.25, 0.3) is 16.3 Å². The van der Waals surface area contributed by atoms with Gasteiger partial charge < -0.3 is 0 Å². The number of hydrogen-bond donors (Lipinski definition) is 0. The Morgan fingerprint density at radius 3 is 1.93 bits per heavy atom. The molecule has 0 bridgehead atoms. The third-order valence-electron chi connectivity index (χ3n) is 4.92. The van der Waals surface area contributed by atoms with Crippen LogP contribution >= 0.6 is 0 Å². The van der Waals surface area contributed by atoms with Crippen molar-refractivity contribution in [3.8, 4) is 0 Å². The van der Waals surface area contributed by atoms with E-state index >= 15 is 0 Å². The van der Waals surface area contributed by atoms with Gasteiger partial charge in [-0.3, -0.25) is 0 Å². The van der Waals surface area contributed by atoms with Crippen molar-refractivity contribution in [2.24, 2.45) is 0 Å². The van der Waals surface area contributed by atoms with Gasteiger partial charge >= 0.3 is 99.2 Å². The molecule has 0 aromatic heterocycles. The van der Waals surface area contributed by atoms with Gasteiger partial charge in [0.05, 0.1) is 0 Å². The van der Waals surface area contributed by atoms with Crippen LogP contribution in [0.3, 0.4) is 0 Å². The molecule has 0 amide bonds. The van der Waals surface area contributed by atoms with Crippen molar-refractivity contribution in [3.63, 3.8) is 0 Å². The molecule has 1 aliphatic rings. The topological polar surface area (TPSA) is 0 Å². The molecule has 0 fully saturated rings. The van der Waals surface area contributed by atoms with Crippen LogP contribution in [0.1, 0.15) is 23.1 Å². The Labute approximate surface area is 181 Å². The molecule has 4 aromatic carbocycles. The fourth-order valence-electron chi connectivity index (χ4n) is 3.45. The first-order chi connectivity index (χ1) is 13.8. The normalized spacial score (nSPS) is 12.3. The number of benzene rings is 3. The molecule has 0 heterocycles. The van der Waals surface area contributed by atoms with Crippen LogP contribution < -0.4 is 0 Å². The number of fused-ring (bicyclic) bond motifs is 1. The molecule has 1 heteroatoms. The molecule has 0 aliphatic heterocycles. The summed E-state index contributed by atoms with van der Waals surface area (Å²) in [6, 6.07) is 34.1. The first-order valence-electron chi connectivity index (χ1n) is 9.53. The Morgan fingerprint density at radius 2 is 1.32 bits per heavy atom. The van der Waals surface area contributed by atoms with Gasteiger partial charge in [-0.25, -0.2) is 0 Å². The number of allylic oxidation sites excluding steroid dienone is 4. The molecule has 0 N–H and O–H groups in total. The molecule has 4 aromatic rings. The van der Waals surface area contributed by atoms with Crippen LogP contribution in [0.5, 0.6) is 0 Å². The standard InChI is InChI=1S/C14H11.C13H10.Zr/c1-2-6-11(5-1)14-10-9-12-7-3-4-8-13(12)14;1-3-7-12(8-4-1)11-13-9-5-2-6-10-13;/h1-5,7-10H,6H2;1-10H;/q-1;;. The zero-order valence-electron chi connectivity index (χ0n) is 15.7. The van der Waals surface area contributed by atoms with Gasteiger partial charge in [0.15, 0.2) is 0 Å². The Bertz CT molecular complexity index is 1090. The van der Waals surface area contributed by atoms with Gasteiger partial charge in [0.1, 0.15) is 0 Å². The zero-order valence-corrected chi connectivity index (χ0v) is 18.1. The molecular weight excluding hydrogens is 416 g/mol. The molecule has 0 saturated carbocycles. The fraction of sp³-hybridized carbons (Fsp3) is 0.0370. The second kappa shape index (κ2) is 9.13. The van der Waals surface area contributed by atoms with Crippen molar-refractivity contribution in [1.82, 2.24) is 0 Å². The Morgan fingerprint density at radius 1 is 0.714 bits per heavy atom. The first kappa shape index (κ1) is 18.8. The van der Waals surface area contributed by atoms with E-state index in [0.717, 1.165) is 6.42 Å². The predicted molar refractivity (Wildman–Crippen MR) is 117 cm³/mol. The van der Waals surface area contributed by atoms with Crippen LogP contribution in [0.4, 0.5) is 0 Å². The van der Waals surface area contributed by atoms with Gasteiger partial charge in [0.2, 0.25) is 0 Å². The Balaban J connectivity index is 0.000000137. The number of hydrogen-bond acceptors (Lipinski definition) is 0. The molecule has 134 valence electrons. The summed E-state index contributed by atoms with van der Waals surface area (Å²) in [6.45, 7) is 0. The molecule has 0 saturated heterocycles. The average molecular weight is 437 g/mol. The van der Waals surface area contributed by atoms with E-state index in [4.69, 9.17) is 0 Å². The summed E-state index contributed by atoms with van der Waals surface area (Å²) in [4.78, 5) is 0. The molecule has 0 unspecified atom stereocenters. The minimum atomic E-state index is 1.08. The fourth-order valence-corrected chi connectivity index (χ4v) is 4.27. The molecule has 0 nitrogen and oxygen atoms in total. The van der Waals surface area contributed by atoms with Gasteiger partial charge in [0, 0.05) is 0 Å². The predicted octanol–water partition coefficient (Wildman–Crippen LogP) is 6.70. The van der Waals surface area contributed by atoms with Gasteiger partial charge in [0.25, 0.3) is 0 Å². The SMILES string of the molecule is C1=CCC([c-]2ccc3ccccc32)=C1.[Zr]=[C](c1ccccc1)c1ccccc1. The van der Waals surface area contributed by atoms with Crippen molar-refractivity contribution in [2.45, 2.75) is 6.42 Å². The second-order valence-electron chi connectivity index (χ2n) is 6.77. The van der Waals surface area contributed by atoms with Crippen LogP contribution in [-0.4, -0.2) is 3.21 Å². The van der Waals surface area contributed by atoms with E-state index in [9.17, 15) is 0 Å². The summed E-state index contributed by atoms with van der Waals surface area (Å²) >= 11 is 1.46. The van der Waals surface area contributed by atoms with Crippen molar-refractivity contribution >= 4 is 19.6 Å². The average Bonchev–Trinajstić information content (AvgIpc) is 3.44. The van der Waals surface area contributed by atoms with Crippen molar-refractivity contribution in [3.05, 3.63) is 132 Å².